The number of hydrogen-bond acceptors (Lipinski definition) is 3. The van der Waals surface area contributed by atoms with Crippen molar-refractivity contribution in [3.8, 4) is 5.75 Å². The highest BCUT2D eigenvalue weighted by molar-refractivity contribution is 6.31. The van der Waals surface area contributed by atoms with Crippen molar-refractivity contribution in [3.63, 3.8) is 0 Å². The number of nitrogens with two attached hydrogens (primary N) is 1. The Labute approximate surface area is 105 Å². The molecule has 0 bridgehead atoms. The molecule has 1 aromatic carbocycles. The number of hydrogen-bond donors (Lipinski definition) is 1. The number of rotatable bonds is 4. The number of aromatic nitrogens is 2. The standard InChI is InChI=1S/C12H14ClN3O/c1-16-12(10(13)7-15-16)11(14)8-17-9-5-3-2-4-6-9/h2-7,11H,8,14H2,1H3. The molecule has 0 fully saturated rings. The molecule has 0 aliphatic rings. The molecule has 1 heterocycles. The predicted octanol–water partition coefficient (Wildman–Crippen LogP) is 2.15. The molecule has 0 radical (unpaired) electrons. The number of nitrogens with zero attached hydrogens (tertiary/aromatic N) is 2. The zero-order valence-corrected chi connectivity index (χ0v) is 10.3. The monoisotopic (exact) mass is 251 g/mol. The van der Waals surface area contributed by atoms with Gasteiger partial charge >= 0.3 is 0 Å². The van der Waals surface area contributed by atoms with Crippen LogP contribution in [0.3, 0.4) is 0 Å². The number of aryl methyl sites for hydroxylation is 1. The summed E-state index contributed by atoms with van der Waals surface area (Å²) >= 11 is 6.00. The van der Waals surface area contributed by atoms with Gasteiger partial charge < -0.3 is 10.5 Å². The molecule has 5 heteroatoms. The van der Waals surface area contributed by atoms with Gasteiger partial charge in [0.15, 0.2) is 0 Å². The molecule has 1 atom stereocenters. The molecule has 2 rings (SSSR count). The van der Waals surface area contributed by atoms with Gasteiger partial charge in [-0.25, -0.2) is 0 Å². The highest BCUT2D eigenvalue weighted by Crippen LogP contribution is 2.21. The van der Waals surface area contributed by atoms with E-state index in [1.54, 1.807) is 10.9 Å². The molecule has 0 saturated carbocycles. The van der Waals surface area contributed by atoms with E-state index in [0.717, 1.165) is 11.4 Å². The van der Waals surface area contributed by atoms with Crippen molar-refractivity contribution in [1.29, 1.82) is 0 Å². The Balaban J connectivity index is 2.01. The van der Waals surface area contributed by atoms with E-state index in [9.17, 15) is 0 Å². The average Bonchev–Trinajstić information content (AvgIpc) is 2.67. The lowest BCUT2D eigenvalue weighted by Gasteiger charge is -2.14. The van der Waals surface area contributed by atoms with E-state index >= 15 is 0 Å². The van der Waals surface area contributed by atoms with E-state index in [-0.39, 0.29) is 6.04 Å². The first kappa shape index (κ1) is 12.0. The lowest BCUT2D eigenvalue weighted by Crippen LogP contribution is -2.22. The van der Waals surface area contributed by atoms with Crippen molar-refractivity contribution in [2.24, 2.45) is 12.8 Å². The summed E-state index contributed by atoms with van der Waals surface area (Å²) in [5.74, 6) is 0.793. The highest BCUT2D eigenvalue weighted by atomic mass is 35.5. The van der Waals surface area contributed by atoms with Gasteiger partial charge in [0.05, 0.1) is 23.0 Å². The number of para-hydroxylation sites is 1. The van der Waals surface area contributed by atoms with Crippen LogP contribution in [0, 0.1) is 0 Å². The Kier molecular flexibility index (Phi) is 3.66. The van der Waals surface area contributed by atoms with Gasteiger partial charge in [0.25, 0.3) is 0 Å². The van der Waals surface area contributed by atoms with Crippen LogP contribution in [0.25, 0.3) is 0 Å². The van der Waals surface area contributed by atoms with Crippen molar-refractivity contribution in [1.82, 2.24) is 9.78 Å². The third kappa shape index (κ3) is 2.78. The largest absolute Gasteiger partial charge is 0.492 e. The molecule has 90 valence electrons. The van der Waals surface area contributed by atoms with Crippen LogP contribution in [0.15, 0.2) is 36.5 Å². The minimum Gasteiger partial charge on any atom is -0.492 e. The lowest BCUT2D eigenvalue weighted by molar-refractivity contribution is 0.285. The molecule has 0 saturated heterocycles. The van der Waals surface area contributed by atoms with Gasteiger partial charge in [0.2, 0.25) is 0 Å². The quantitative estimate of drug-likeness (QED) is 0.906. The second kappa shape index (κ2) is 5.21. The van der Waals surface area contributed by atoms with Gasteiger partial charge in [-0.2, -0.15) is 5.10 Å². The third-order valence-electron chi connectivity index (χ3n) is 2.46. The van der Waals surface area contributed by atoms with E-state index < -0.39 is 0 Å². The first-order chi connectivity index (χ1) is 8.18. The molecule has 0 aliphatic carbocycles. The fraction of sp³-hybridized carbons (Fsp3) is 0.250. The summed E-state index contributed by atoms with van der Waals surface area (Å²) < 4.78 is 7.24. The van der Waals surface area contributed by atoms with Crippen molar-refractivity contribution < 1.29 is 4.74 Å². The summed E-state index contributed by atoms with van der Waals surface area (Å²) in [7, 11) is 1.81. The molecule has 1 unspecified atom stereocenters. The Morgan fingerprint density at radius 3 is 2.71 bits per heavy atom. The van der Waals surface area contributed by atoms with Crippen LogP contribution in [-0.4, -0.2) is 16.4 Å². The SMILES string of the molecule is Cn1ncc(Cl)c1C(N)COc1ccccc1. The first-order valence-corrected chi connectivity index (χ1v) is 5.67. The first-order valence-electron chi connectivity index (χ1n) is 5.29. The molecule has 0 amide bonds. The van der Waals surface area contributed by atoms with Gasteiger partial charge in [-0.1, -0.05) is 29.8 Å². The topological polar surface area (TPSA) is 53.1 Å². The molecule has 0 aliphatic heterocycles. The van der Waals surface area contributed by atoms with Gasteiger partial charge in [0, 0.05) is 7.05 Å². The summed E-state index contributed by atoms with van der Waals surface area (Å²) in [4.78, 5) is 0. The molecule has 1 aromatic heterocycles. The predicted molar refractivity (Wildman–Crippen MR) is 67.1 cm³/mol. The molecule has 4 nitrogen and oxygen atoms in total. The summed E-state index contributed by atoms with van der Waals surface area (Å²) in [5, 5.41) is 4.61. The fourth-order valence-electron chi connectivity index (χ4n) is 1.62. The van der Waals surface area contributed by atoms with E-state index in [0.29, 0.717) is 11.6 Å². The normalized spacial score (nSPS) is 12.4. The fourth-order valence-corrected chi connectivity index (χ4v) is 1.93. The minimum absolute atomic E-state index is 0.296. The van der Waals surface area contributed by atoms with Crippen LogP contribution in [0.5, 0.6) is 5.75 Å². The van der Waals surface area contributed by atoms with Crippen LogP contribution in [-0.2, 0) is 7.05 Å². The Hall–Kier alpha value is -1.52. The summed E-state index contributed by atoms with van der Waals surface area (Å²) in [5.41, 5.74) is 6.80. The van der Waals surface area contributed by atoms with Crippen LogP contribution < -0.4 is 10.5 Å². The maximum Gasteiger partial charge on any atom is 0.119 e. The van der Waals surface area contributed by atoms with Gasteiger partial charge in [-0.05, 0) is 12.1 Å². The maximum absolute atomic E-state index is 6.02. The maximum atomic E-state index is 6.02. The number of benzene rings is 1. The molecule has 2 aromatic rings. The highest BCUT2D eigenvalue weighted by Gasteiger charge is 2.15. The van der Waals surface area contributed by atoms with Crippen molar-refractivity contribution >= 4 is 11.6 Å². The molecule has 17 heavy (non-hydrogen) atoms. The summed E-state index contributed by atoms with van der Waals surface area (Å²) in [6.07, 6.45) is 1.58. The molecular weight excluding hydrogens is 238 g/mol. The van der Waals surface area contributed by atoms with Crippen LogP contribution >= 0.6 is 11.6 Å². The molecule has 2 N–H and O–H groups in total. The smallest absolute Gasteiger partial charge is 0.119 e. The Morgan fingerprint density at radius 2 is 2.12 bits per heavy atom. The van der Waals surface area contributed by atoms with E-state index in [1.165, 1.54) is 0 Å². The zero-order chi connectivity index (χ0) is 12.3. The second-order valence-electron chi connectivity index (χ2n) is 3.73. The summed E-state index contributed by atoms with van der Waals surface area (Å²) in [6.45, 7) is 0.364. The van der Waals surface area contributed by atoms with Gasteiger partial charge in [0.1, 0.15) is 12.4 Å². The van der Waals surface area contributed by atoms with Crippen LogP contribution in [0.1, 0.15) is 11.7 Å². The zero-order valence-electron chi connectivity index (χ0n) is 9.51. The van der Waals surface area contributed by atoms with E-state index in [1.807, 2.05) is 37.4 Å². The van der Waals surface area contributed by atoms with Crippen molar-refractivity contribution in [2.75, 3.05) is 6.61 Å². The molecular formula is C12H14ClN3O. The number of halogens is 1. The Morgan fingerprint density at radius 1 is 1.41 bits per heavy atom. The van der Waals surface area contributed by atoms with Crippen LogP contribution in [0.4, 0.5) is 0 Å². The van der Waals surface area contributed by atoms with Gasteiger partial charge in [-0.3, -0.25) is 4.68 Å². The van der Waals surface area contributed by atoms with Crippen molar-refractivity contribution in [2.45, 2.75) is 6.04 Å². The van der Waals surface area contributed by atoms with E-state index in [4.69, 9.17) is 22.1 Å². The third-order valence-corrected chi connectivity index (χ3v) is 2.75. The second-order valence-corrected chi connectivity index (χ2v) is 4.14. The average molecular weight is 252 g/mol. The minimum atomic E-state index is -0.296. The van der Waals surface area contributed by atoms with Crippen molar-refractivity contribution in [3.05, 3.63) is 47.2 Å². The lowest BCUT2D eigenvalue weighted by atomic mass is 10.2. The Bertz CT molecular complexity index is 464. The molecule has 0 spiro atoms. The van der Waals surface area contributed by atoms with Crippen LogP contribution in [0.2, 0.25) is 5.02 Å². The van der Waals surface area contributed by atoms with Gasteiger partial charge in [-0.15, -0.1) is 0 Å². The summed E-state index contributed by atoms with van der Waals surface area (Å²) in [6, 6.07) is 9.24. The number of ether oxygens (including phenoxy) is 1. The van der Waals surface area contributed by atoms with E-state index in [2.05, 4.69) is 5.10 Å².